The summed E-state index contributed by atoms with van der Waals surface area (Å²) in [7, 11) is 0. The minimum Gasteiger partial charge on any atom is -0.508 e. The molecule has 0 aliphatic rings. The summed E-state index contributed by atoms with van der Waals surface area (Å²) in [6.45, 7) is 26.9. The third kappa shape index (κ3) is 46.5. The van der Waals surface area contributed by atoms with E-state index in [4.69, 9.17) is 61.3 Å². The molecule has 0 bridgehead atoms. The highest BCUT2D eigenvalue weighted by Gasteiger charge is 2.10. The molecule has 20 aromatic rings. The molecule has 0 heterocycles. The largest absolute Gasteiger partial charge is 0.508 e. The van der Waals surface area contributed by atoms with Crippen LogP contribution >= 0.6 is 0 Å². The Morgan fingerprint density at radius 3 is 0.357 bits per heavy atom. The molecule has 12 heteroatoms. The smallest absolute Gasteiger partial charge is 0.115 e. The van der Waals surface area contributed by atoms with Crippen molar-refractivity contribution in [1.29, 1.82) is 0 Å². The van der Waals surface area contributed by atoms with Crippen LogP contribution in [0.4, 0.5) is 0 Å². The second-order valence-electron chi connectivity index (χ2n) is 33.9. The quantitative estimate of drug-likeness (QED) is 0.0550. The van der Waals surface area contributed by atoms with Crippen LogP contribution in [0.2, 0.25) is 0 Å². The Hall–Kier alpha value is -16.7. The van der Waals surface area contributed by atoms with Crippen LogP contribution in [-0.4, -0.2) is 61.3 Å². The molecule has 720 valence electrons. The van der Waals surface area contributed by atoms with E-state index in [0.29, 0.717) is 105 Å². The van der Waals surface area contributed by atoms with E-state index in [-0.39, 0.29) is 0 Å². The maximum absolute atomic E-state index is 8.63. The van der Waals surface area contributed by atoms with Crippen molar-refractivity contribution < 1.29 is 61.3 Å². The number of benzene rings is 20. The number of rotatable bonds is 6. The molecule has 0 amide bonds. The summed E-state index contributed by atoms with van der Waals surface area (Å²) in [5.41, 5.74) is 8.50. The van der Waals surface area contributed by atoms with Gasteiger partial charge in [-0.3, -0.25) is 0 Å². The van der Waals surface area contributed by atoms with Crippen LogP contribution < -0.4 is 0 Å². The highest BCUT2D eigenvalue weighted by atomic mass is 16.3. The number of phenolic OH excluding ortho intramolecular Hbond substituents is 12. The summed E-state index contributed by atoms with van der Waals surface area (Å²) < 4.78 is 0. The zero-order valence-corrected chi connectivity index (χ0v) is 82.2. The minimum atomic E-state index is 0.322. The lowest BCUT2D eigenvalue weighted by atomic mass is 9.94. The molecule has 0 aliphatic carbocycles. The number of hydrogen-bond acceptors (Lipinski definition) is 12. The third-order valence-electron chi connectivity index (χ3n) is 20.7. The average Bonchev–Trinajstić information content (AvgIpc) is 0.756. The fraction of sp³-hybridized carbons (Fsp3) is 0.141. The molecule has 12 N–H and O–H groups in total. The molecule has 0 radical (unpaired) electrons. The highest BCUT2D eigenvalue weighted by Crippen LogP contribution is 2.34. The Kier molecular flexibility index (Phi) is 51.5. The van der Waals surface area contributed by atoms with Gasteiger partial charge < -0.3 is 61.3 Å². The summed E-state index contributed by atoms with van der Waals surface area (Å²) in [6.07, 6.45) is 0. The molecule has 0 aromatic heterocycles. The van der Waals surface area contributed by atoms with Gasteiger partial charge in [-0.1, -0.05) is 411 Å². The summed E-state index contributed by atoms with van der Waals surface area (Å²) >= 11 is 0. The molecule has 0 saturated heterocycles. The van der Waals surface area contributed by atoms with Crippen molar-refractivity contribution in [2.24, 2.45) is 0 Å². The lowest BCUT2D eigenvalue weighted by Crippen LogP contribution is -1.90. The van der Waals surface area contributed by atoms with Gasteiger partial charge in [0.1, 0.15) is 69.0 Å². The molecule has 20 rings (SSSR count). The lowest BCUT2D eigenvalue weighted by Gasteiger charge is -2.11. The lowest BCUT2D eigenvalue weighted by molar-refractivity contribution is 0.475. The summed E-state index contributed by atoms with van der Waals surface area (Å²) in [5.74, 6) is 7.45. The van der Waals surface area contributed by atoms with E-state index in [1.807, 2.05) is 72.8 Å². The second kappa shape index (κ2) is 64.3. The van der Waals surface area contributed by atoms with Gasteiger partial charge in [0.15, 0.2) is 0 Å². The predicted octanol–water partition coefficient (Wildman–Crippen LogP) is 34.3. The number of aromatic hydroxyl groups is 12. The minimum absolute atomic E-state index is 0.322. The molecule has 0 spiro atoms. The van der Waals surface area contributed by atoms with Gasteiger partial charge in [-0.15, -0.1) is 0 Å². The van der Waals surface area contributed by atoms with Gasteiger partial charge in [-0.05, 0) is 293 Å². The van der Waals surface area contributed by atoms with Crippen molar-refractivity contribution >= 4 is 53.9 Å². The van der Waals surface area contributed by atoms with E-state index in [1.54, 1.807) is 291 Å². The zero-order chi connectivity index (χ0) is 102. The monoisotopic (exact) mass is 1870 g/mol. The van der Waals surface area contributed by atoms with Crippen molar-refractivity contribution in [2.75, 3.05) is 0 Å². The van der Waals surface area contributed by atoms with Crippen molar-refractivity contribution in [2.45, 2.75) is 119 Å². The first kappa shape index (κ1) is 112. The summed E-state index contributed by atoms with van der Waals surface area (Å²) in [4.78, 5) is 0. The Bertz CT molecular complexity index is 5630. The predicted molar refractivity (Wildman–Crippen MR) is 589 cm³/mol. The van der Waals surface area contributed by atoms with Crippen LogP contribution in [0.15, 0.2) is 497 Å². The Morgan fingerprint density at radius 2 is 0.221 bits per heavy atom. The molecule has 0 unspecified atom stereocenters. The third-order valence-corrected chi connectivity index (χ3v) is 20.7. The first-order valence-corrected chi connectivity index (χ1v) is 46.8. The summed E-state index contributed by atoms with van der Waals surface area (Å²) in [6, 6.07) is 155. The molecular weight excluding hydrogens is 1730 g/mol. The average molecular weight is 1870 g/mol. The molecule has 0 saturated carbocycles. The van der Waals surface area contributed by atoms with Crippen LogP contribution in [-0.2, 0) is 0 Å². The van der Waals surface area contributed by atoms with Gasteiger partial charge in [0.05, 0.1) is 0 Å². The van der Waals surface area contributed by atoms with Crippen molar-refractivity contribution in [1.82, 2.24) is 0 Å². The van der Waals surface area contributed by atoms with Crippen molar-refractivity contribution in [3.8, 4) is 69.0 Å². The van der Waals surface area contributed by atoms with Gasteiger partial charge >= 0.3 is 0 Å². The number of para-hydroxylation sites is 12. The standard InChI is InChI=1S/C24H24.C20H22.C12H18.12C6H6O/c1-15(2)17-5-7-19-11-24-14-22-10-18(16(3)4)6-8-20(22)12-23(24)13-21(19)9-17;1-13(2)15-7-9-19-17(11-15)5-6-18-12-16(14(3)4)8-10-20(18)19;1-9(2)11-5-7-12(8-6-11)10(3)4;12*7-6-4-2-1-3-5-6/h5-16H,1-4H3;5-14H,1-4H3;5-10H,1-4H3;12*1-5,7H. The Morgan fingerprint density at radius 1 is 0.107 bits per heavy atom. The second-order valence-corrected chi connectivity index (χ2v) is 33.9. The molecule has 20 aromatic carbocycles. The van der Waals surface area contributed by atoms with E-state index in [9.17, 15) is 0 Å². The summed E-state index contributed by atoms with van der Waals surface area (Å²) in [5, 5.41) is 117. The van der Waals surface area contributed by atoms with Crippen LogP contribution in [0.1, 0.15) is 152 Å². The van der Waals surface area contributed by atoms with Gasteiger partial charge in [-0.2, -0.15) is 0 Å². The molecule has 0 aliphatic heterocycles. The topological polar surface area (TPSA) is 243 Å². The fourth-order valence-electron chi connectivity index (χ4n) is 12.7. The van der Waals surface area contributed by atoms with Crippen LogP contribution in [0, 0.1) is 0 Å². The maximum Gasteiger partial charge on any atom is 0.115 e. The molecule has 0 atom stereocenters. The van der Waals surface area contributed by atoms with Gasteiger partial charge in [0, 0.05) is 0 Å². The number of phenols is 12. The van der Waals surface area contributed by atoms with E-state index >= 15 is 0 Å². The molecule has 140 heavy (non-hydrogen) atoms. The zero-order valence-electron chi connectivity index (χ0n) is 82.2. The van der Waals surface area contributed by atoms with E-state index in [2.05, 4.69) is 217 Å². The van der Waals surface area contributed by atoms with Crippen molar-refractivity contribution in [3.05, 3.63) is 531 Å². The van der Waals surface area contributed by atoms with Crippen LogP contribution in [0.3, 0.4) is 0 Å². The highest BCUT2D eigenvalue weighted by molar-refractivity contribution is 6.08. The molecule has 12 nitrogen and oxygen atoms in total. The van der Waals surface area contributed by atoms with Crippen LogP contribution in [0.5, 0.6) is 69.0 Å². The first-order valence-electron chi connectivity index (χ1n) is 46.8. The molecular formula is C128H136O12. The molecule has 0 fully saturated rings. The SMILES string of the molecule is CC(C)c1ccc(C(C)C)cc1.CC(C)c1ccc2c(ccc3cc(C(C)C)ccc32)c1.CC(C)c1ccc2cc3cc4cc(C(C)C)ccc4cc3cc2c1.Oc1ccccc1.Oc1ccccc1.Oc1ccccc1.Oc1ccccc1.Oc1ccccc1.Oc1ccccc1.Oc1ccccc1.Oc1ccccc1.Oc1ccccc1.Oc1ccccc1.Oc1ccccc1.Oc1ccccc1. The Labute approximate surface area is 828 Å². The van der Waals surface area contributed by atoms with E-state index < -0.39 is 0 Å². The number of fused-ring (bicyclic) bond motifs is 6. The van der Waals surface area contributed by atoms with Gasteiger partial charge in [-0.25, -0.2) is 0 Å². The number of hydrogen-bond donors (Lipinski definition) is 12. The first-order chi connectivity index (χ1) is 67.4. The Balaban J connectivity index is 0.000000236. The van der Waals surface area contributed by atoms with Gasteiger partial charge in [0.25, 0.3) is 0 Å². The van der Waals surface area contributed by atoms with E-state index in [1.165, 1.54) is 87.2 Å². The van der Waals surface area contributed by atoms with Gasteiger partial charge in [0.2, 0.25) is 0 Å². The van der Waals surface area contributed by atoms with Crippen LogP contribution in [0.25, 0.3) is 53.9 Å². The fourth-order valence-corrected chi connectivity index (χ4v) is 12.7. The normalized spacial score (nSPS) is 9.87. The van der Waals surface area contributed by atoms with Crippen molar-refractivity contribution in [3.63, 3.8) is 0 Å². The maximum atomic E-state index is 8.63. The van der Waals surface area contributed by atoms with E-state index in [0.717, 1.165) is 0 Å².